The highest BCUT2D eigenvalue weighted by Crippen LogP contribution is 2.22. The molecule has 1 aromatic carbocycles. The predicted octanol–water partition coefficient (Wildman–Crippen LogP) is 3.55. The van der Waals surface area contributed by atoms with Gasteiger partial charge in [-0.1, -0.05) is 15.9 Å². The SMILES string of the molecule is CCNC(=NCc1cnc(C)s1)NC1CCN(c2ccc(Br)cc2)C1. The van der Waals surface area contributed by atoms with Crippen molar-refractivity contribution in [1.82, 2.24) is 15.6 Å². The number of guanidine groups is 1. The number of hydrogen-bond acceptors (Lipinski definition) is 4. The second-order valence-electron chi connectivity index (χ2n) is 6.09. The standard InChI is InChI=1S/C18H24BrN5S/c1-3-20-18(22-11-17-10-21-13(2)25-17)23-15-8-9-24(12-15)16-6-4-14(19)5-7-16/h4-7,10,15H,3,8-9,11-12H2,1-2H3,(H2,20,22,23). The third-order valence-corrected chi connectivity index (χ3v) is 5.55. The number of benzene rings is 1. The number of aromatic nitrogens is 1. The number of nitrogens with zero attached hydrogens (tertiary/aromatic N) is 3. The van der Waals surface area contributed by atoms with Gasteiger partial charge in [-0.05, 0) is 44.5 Å². The van der Waals surface area contributed by atoms with Crippen LogP contribution in [0.3, 0.4) is 0 Å². The largest absolute Gasteiger partial charge is 0.369 e. The van der Waals surface area contributed by atoms with E-state index in [2.05, 4.69) is 67.6 Å². The molecule has 134 valence electrons. The zero-order valence-corrected chi connectivity index (χ0v) is 17.0. The minimum absolute atomic E-state index is 0.407. The van der Waals surface area contributed by atoms with Gasteiger partial charge in [0.05, 0.1) is 11.6 Å². The molecular weight excluding hydrogens is 398 g/mol. The summed E-state index contributed by atoms with van der Waals surface area (Å²) in [4.78, 5) is 12.6. The molecule has 5 nitrogen and oxygen atoms in total. The van der Waals surface area contributed by atoms with Gasteiger partial charge in [0.1, 0.15) is 0 Å². The zero-order valence-electron chi connectivity index (χ0n) is 14.6. The van der Waals surface area contributed by atoms with E-state index < -0.39 is 0 Å². The number of aryl methyl sites for hydroxylation is 1. The molecule has 2 aromatic rings. The normalized spacial score (nSPS) is 17.8. The molecule has 1 aliphatic rings. The fourth-order valence-corrected chi connectivity index (χ4v) is 3.90. The number of anilines is 1. The Kier molecular flexibility index (Phi) is 6.31. The van der Waals surface area contributed by atoms with Crippen molar-refractivity contribution in [2.24, 2.45) is 4.99 Å². The van der Waals surface area contributed by atoms with E-state index in [0.29, 0.717) is 12.6 Å². The summed E-state index contributed by atoms with van der Waals surface area (Å²) in [6.07, 6.45) is 3.03. The van der Waals surface area contributed by atoms with Crippen molar-refractivity contribution in [3.63, 3.8) is 0 Å². The van der Waals surface area contributed by atoms with E-state index in [-0.39, 0.29) is 0 Å². The first-order valence-electron chi connectivity index (χ1n) is 8.60. The summed E-state index contributed by atoms with van der Waals surface area (Å²) in [6.45, 7) is 7.70. The Morgan fingerprint density at radius 1 is 1.40 bits per heavy atom. The quantitative estimate of drug-likeness (QED) is 0.572. The lowest BCUT2D eigenvalue weighted by Crippen LogP contribution is -2.44. The van der Waals surface area contributed by atoms with E-state index in [1.54, 1.807) is 11.3 Å². The molecule has 1 unspecified atom stereocenters. The van der Waals surface area contributed by atoms with Crippen LogP contribution in [0.4, 0.5) is 5.69 Å². The van der Waals surface area contributed by atoms with Crippen LogP contribution in [0.15, 0.2) is 39.9 Å². The number of thiazole rings is 1. The predicted molar refractivity (Wildman–Crippen MR) is 110 cm³/mol. The van der Waals surface area contributed by atoms with Crippen molar-refractivity contribution < 1.29 is 0 Å². The van der Waals surface area contributed by atoms with Crippen LogP contribution in [0.5, 0.6) is 0 Å². The molecule has 0 bridgehead atoms. The Morgan fingerprint density at radius 2 is 2.20 bits per heavy atom. The maximum absolute atomic E-state index is 4.71. The minimum Gasteiger partial charge on any atom is -0.369 e. The van der Waals surface area contributed by atoms with Crippen LogP contribution in [-0.4, -0.2) is 36.6 Å². The van der Waals surface area contributed by atoms with E-state index in [9.17, 15) is 0 Å². The monoisotopic (exact) mass is 421 g/mol. The summed E-state index contributed by atoms with van der Waals surface area (Å²) < 4.78 is 1.12. The first-order chi connectivity index (χ1) is 12.1. The third kappa shape index (κ3) is 5.19. The summed E-state index contributed by atoms with van der Waals surface area (Å²) in [5, 5.41) is 8.01. The van der Waals surface area contributed by atoms with Gasteiger partial charge in [0.25, 0.3) is 0 Å². The molecule has 0 spiro atoms. The molecule has 1 fully saturated rings. The first-order valence-corrected chi connectivity index (χ1v) is 10.2. The van der Waals surface area contributed by atoms with E-state index in [4.69, 9.17) is 4.99 Å². The average molecular weight is 422 g/mol. The van der Waals surface area contributed by atoms with Crippen LogP contribution < -0.4 is 15.5 Å². The highest BCUT2D eigenvalue weighted by Gasteiger charge is 2.23. The van der Waals surface area contributed by atoms with Crippen LogP contribution in [-0.2, 0) is 6.54 Å². The Bertz CT molecular complexity index is 713. The van der Waals surface area contributed by atoms with E-state index in [1.807, 2.05) is 13.1 Å². The summed E-state index contributed by atoms with van der Waals surface area (Å²) in [6, 6.07) is 8.93. The summed E-state index contributed by atoms with van der Waals surface area (Å²) in [7, 11) is 0. The highest BCUT2D eigenvalue weighted by molar-refractivity contribution is 9.10. The van der Waals surface area contributed by atoms with Gasteiger partial charge in [-0.25, -0.2) is 9.98 Å². The highest BCUT2D eigenvalue weighted by atomic mass is 79.9. The Hall–Kier alpha value is -1.60. The van der Waals surface area contributed by atoms with Gasteiger partial charge in [0.2, 0.25) is 0 Å². The van der Waals surface area contributed by atoms with Gasteiger partial charge in [0, 0.05) is 46.9 Å². The minimum atomic E-state index is 0.407. The van der Waals surface area contributed by atoms with E-state index in [0.717, 1.165) is 41.5 Å². The lowest BCUT2D eigenvalue weighted by atomic mass is 10.3. The van der Waals surface area contributed by atoms with Gasteiger partial charge >= 0.3 is 0 Å². The summed E-state index contributed by atoms with van der Waals surface area (Å²) in [5.41, 5.74) is 1.27. The summed E-state index contributed by atoms with van der Waals surface area (Å²) in [5.74, 6) is 0.885. The van der Waals surface area contributed by atoms with Gasteiger partial charge in [-0.2, -0.15) is 0 Å². The van der Waals surface area contributed by atoms with Crippen molar-refractivity contribution >= 4 is 38.9 Å². The lowest BCUT2D eigenvalue weighted by molar-refractivity contribution is 0.649. The Balaban J connectivity index is 1.58. The number of aliphatic imine (C=N–C) groups is 1. The molecule has 0 saturated carbocycles. The number of rotatable bonds is 5. The van der Waals surface area contributed by atoms with E-state index >= 15 is 0 Å². The molecule has 25 heavy (non-hydrogen) atoms. The van der Waals surface area contributed by atoms with Gasteiger partial charge in [-0.15, -0.1) is 11.3 Å². The maximum Gasteiger partial charge on any atom is 0.191 e. The van der Waals surface area contributed by atoms with Crippen molar-refractivity contribution in [3.8, 4) is 0 Å². The molecule has 0 radical (unpaired) electrons. The zero-order chi connectivity index (χ0) is 17.6. The first kappa shape index (κ1) is 18.2. The molecule has 2 N–H and O–H groups in total. The summed E-state index contributed by atoms with van der Waals surface area (Å²) >= 11 is 5.20. The van der Waals surface area contributed by atoms with Crippen molar-refractivity contribution in [3.05, 3.63) is 44.8 Å². The van der Waals surface area contributed by atoms with Gasteiger partial charge in [0.15, 0.2) is 5.96 Å². The molecule has 1 aromatic heterocycles. The van der Waals surface area contributed by atoms with Crippen molar-refractivity contribution in [1.29, 1.82) is 0 Å². The molecule has 7 heteroatoms. The van der Waals surface area contributed by atoms with Crippen LogP contribution in [0.1, 0.15) is 23.2 Å². The topological polar surface area (TPSA) is 52.6 Å². The maximum atomic E-state index is 4.71. The van der Waals surface area contributed by atoms with Crippen LogP contribution in [0.2, 0.25) is 0 Å². The van der Waals surface area contributed by atoms with Crippen LogP contribution in [0, 0.1) is 6.92 Å². The second kappa shape index (κ2) is 8.67. The fraction of sp³-hybridized carbons (Fsp3) is 0.444. The van der Waals surface area contributed by atoms with Crippen LogP contribution in [0.25, 0.3) is 0 Å². The van der Waals surface area contributed by atoms with E-state index in [1.165, 1.54) is 10.6 Å². The Labute approximate surface area is 161 Å². The molecule has 1 saturated heterocycles. The molecular formula is C18H24BrN5S. The average Bonchev–Trinajstić information content (AvgIpc) is 3.23. The smallest absolute Gasteiger partial charge is 0.191 e. The van der Waals surface area contributed by atoms with Crippen molar-refractivity contribution in [2.45, 2.75) is 32.9 Å². The lowest BCUT2D eigenvalue weighted by Gasteiger charge is -2.20. The molecule has 1 aliphatic heterocycles. The molecule has 0 aliphatic carbocycles. The fourth-order valence-electron chi connectivity index (χ4n) is 2.91. The van der Waals surface area contributed by atoms with Crippen molar-refractivity contribution in [2.75, 3.05) is 24.5 Å². The second-order valence-corrected chi connectivity index (χ2v) is 8.33. The van der Waals surface area contributed by atoms with Gasteiger partial charge in [-0.3, -0.25) is 0 Å². The molecule has 3 rings (SSSR count). The molecule has 2 heterocycles. The number of nitrogens with one attached hydrogen (secondary N) is 2. The van der Waals surface area contributed by atoms with Crippen LogP contribution >= 0.6 is 27.3 Å². The Morgan fingerprint density at radius 3 is 2.88 bits per heavy atom. The molecule has 0 amide bonds. The molecule has 1 atom stereocenters. The number of halogens is 1. The third-order valence-electron chi connectivity index (χ3n) is 4.13. The number of hydrogen-bond donors (Lipinski definition) is 2. The van der Waals surface area contributed by atoms with Gasteiger partial charge < -0.3 is 15.5 Å².